The zero-order valence-corrected chi connectivity index (χ0v) is 35.7. The summed E-state index contributed by atoms with van der Waals surface area (Å²) in [7, 11) is -9.90. The summed E-state index contributed by atoms with van der Waals surface area (Å²) in [5.41, 5.74) is 1.61. The van der Waals surface area contributed by atoms with Crippen LogP contribution in [0.1, 0.15) is 48.5 Å². The van der Waals surface area contributed by atoms with Crippen molar-refractivity contribution in [3.05, 3.63) is 71.9 Å². The minimum absolute atomic E-state index is 0.108. The van der Waals surface area contributed by atoms with E-state index < -0.39 is 41.7 Å². The van der Waals surface area contributed by atoms with Crippen molar-refractivity contribution in [2.24, 2.45) is 15.9 Å². The molecule has 2 aliphatic rings. The van der Waals surface area contributed by atoms with Crippen LogP contribution in [0, 0.1) is 5.92 Å². The average molecular weight is 896 g/mol. The van der Waals surface area contributed by atoms with Gasteiger partial charge in [-0.25, -0.2) is 9.98 Å². The Morgan fingerprint density at radius 2 is 1.61 bits per heavy atom. The number of aromatic nitrogens is 1. The zero-order chi connectivity index (χ0) is 44.3. The number of benzene rings is 3. The number of guanidine groups is 1. The third kappa shape index (κ3) is 11.3. The highest BCUT2D eigenvalue weighted by Crippen LogP contribution is 2.47. The largest absolute Gasteiger partial charge is 0.379 e. The quantitative estimate of drug-likeness (QED) is 0.0291. The summed E-state index contributed by atoms with van der Waals surface area (Å²) in [5, 5.41) is 13.7. The topological polar surface area (TPSA) is 261 Å². The van der Waals surface area contributed by atoms with Crippen LogP contribution >= 0.6 is 0 Å². The monoisotopic (exact) mass is 895 g/mol. The molecule has 1 fully saturated rings. The van der Waals surface area contributed by atoms with Gasteiger partial charge in [-0.15, -0.1) is 0 Å². The lowest BCUT2D eigenvalue weighted by molar-refractivity contribution is -0.125. The van der Waals surface area contributed by atoms with Crippen LogP contribution in [0.3, 0.4) is 0 Å². The maximum absolute atomic E-state index is 14.1. The number of nitrogens with one attached hydrogen (secondary N) is 3. The van der Waals surface area contributed by atoms with E-state index in [1.807, 2.05) is 11.8 Å². The summed E-state index contributed by atoms with van der Waals surface area (Å²) in [6.07, 6.45) is 6.07. The van der Waals surface area contributed by atoms with Gasteiger partial charge in [0.15, 0.2) is 11.5 Å². The highest BCUT2D eigenvalue weighted by Gasteiger charge is 2.36. The Bertz CT molecular complexity index is 2560. The number of carbonyl (C=O) groups is 2. The molecule has 1 atom stereocenters. The molecule has 5 N–H and O–H groups in total. The lowest BCUT2D eigenvalue weighted by atomic mass is 9.86. The Labute approximate surface area is 359 Å². The number of anilines is 3. The van der Waals surface area contributed by atoms with E-state index in [4.69, 9.17) is 18.7 Å². The van der Waals surface area contributed by atoms with Crippen LogP contribution in [0.25, 0.3) is 22.2 Å². The number of ketones is 1. The Morgan fingerprint density at radius 3 is 2.27 bits per heavy atom. The molecular weight excluding hydrogens is 847 g/mol. The lowest BCUT2D eigenvalue weighted by Crippen LogP contribution is -2.43. The summed E-state index contributed by atoms with van der Waals surface area (Å²) in [5.74, 6) is -0.183. The normalized spacial score (nSPS) is 15.5. The number of amides is 1. The van der Waals surface area contributed by atoms with Gasteiger partial charge in [0, 0.05) is 56.7 Å². The molecule has 1 aliphatic heterocycles. The lowest BCUT2D eigenvalue weighted by Gasteiger charge is -2.34. The Balaban J connectivity index is 1.04. The summed E-state index contributed by atoms with van der Waals surface area (Å²) in [6.45, 7) is 9.90. The second kappa shape index (κ2) is 21.0. The van der Waals surface area contributed by atoms with Crippen molar-refractivity contribution in [3.63, 3.8) is 0 Å². The van der Waals surface area contributed by atoms with E-state index in [1.165, 1.54) is 0 Å². The molecule has 332 valence electrons. The molecule has 2 heterocycles. The van der Waals surface area contributed by atoms with Gasteiger partial charge in [-0.3, -0.25) is 18.7 Å². The van der Waals surface area contributed by atoms with Gasteiger partial charge in [-0.2, -0.15) is 16.8 Å². The van der Waals surface area contributed by atoms with Crippen LogP contribution in [-0.2, 0) is 39.2 Å². The summed E-state index contributed by atoms with van der Waals surface area (Å²) in [6, 6.07) is 11.0. The SMILES string of the molecule is C=N/C(=N\C=C/C)NCCCOCCOCCOCCCNC(=O)[C@@H]1CCCN(c2cc(Nc3ccc(S(=O)(=O)O)cc3S(=O)(=O)O)c3c4c(onc24)-c2ccccc2C3=O)C1. The number of hydrogen-bond acceptors (Lipinski definition) is 14. The van der Waals surface area contributed by atoms with Gasteiger partial charge in [0.05, 0.1) is 65.3 Å². The van der Waals surface area contributed by atoms with Gasteiger partial charge >= 0.3 is 0 Å². The third-order valence-electron chi connectivity index (χ3n) is 10.1. The van der Waals surface area contributed by atoms with Crippen LogP contribution in [0.4, 0.5) is 17.1 Å². The molecule has 1 amide bonds. The van der Waals surface area contributed by atoms with Gasteiger partial charge in [0.2, 0.25) is 11.9 Å². The molecule has 19 nitrogen and oxygen atoms in total. The molecule has 0 saturated carbocycles. The van der Waals surface area contributed by atoms with E-state index in [0.717, 1.165) is 18.6 Å². The third-order valence-corrected chi connectivity index (χ3v) is 11.8. The minimum Gasteiger partial charge on any atom is -0.379 e. The van der Waals surface area contributed by atoms with Gasteiger partial charge < -0.3 is 39.6 Å². The number of ether oxygens (including phenoxy) is 3. The summed E-state index contributed by atoms with van der Waals surface area (Å²) in [4.78, 5) is 35.8. The van der Waals surface area contributed by atoms with Crippen LogP contribution in [0.2, 0.25) is 0 Å². The number of rotatable bonds is 21. The fourth-order valence-corrected chi connectivity index (χ4v) is 8.40. The number of hydrogen-bond donors (Lipinski definition) is 5. The first-order chi connectivity index (χ1) is 29.8. The molecular formula is C41H49N7O12S2. The van der Waals surface area contributed by atoms with Crippen molar-refractivity contribution in [1.29, 1.82) is 0 Å². The van der Waals surface area contributed by atoms with Gasteiger partial charge in [0.1, 0.15) is 10.4 Å². The molecule has 1 saturated heterocycles. The van der Waals surface area contributed by atoms with Crippen molar-refractivity contribution in [3.8, 4) is 11.3 Å². The molecule has 3 aromatic carbocycles. The van der Waals surface area contributed by atoms with E-state index in [-0.39, 0.29) is 22.8 Å². The predicted molar refractivity (Wildman–Crippen MR) is 232 cm³/mol. The number of aliphatic imine (C=N–C) groups is 2. The van der Waals surface area contributed by atoms with Crippen LogP contribution < -0.4 is 20.9 Å². The fraction of sp³-hybridized carbons (Fsp3) is 0.390. The zero-order valence-electron chi connectivity index (χ0n) is 34.0. The van der Waals surface area contributed by atoms with Gasteiger partial charge in [-0.1, -0.05) is 35.5 Å². The molecule has 1 aromatic heterocycles. The molecule has 0 radical (unpaired) electrons. The molecule has 1 aliphatic carbocycles. The second-order valence-corrected chi connectivity index (χ2v) is 17.1. The second-order valence-electron chi connectivity index (χ2n) is 14.3. The van der Waals surface area contributed by atoms with E-state index in [9.17, 15) is 35.5 Å². The molecule has 62 heavy (non-hydrogen) atoms. The Kier molecular flexibility index (Phi) is 15.6. The number of carbonyl (C=O) groups excluding carboxylic acids is 2. The predicted octanol–water partition coefficient (Wildman–Crippen LogP) is 4.62. The van der Waals surface area contributed by atoms with Crippen molar-refractivity contribution >= 4 is 72.6 Å². The summed E-state index contributed by atoms with van der Waals surface area (Å²) >= 11 is 0. The molecule has 0 bridgehead atoms. The van der Waals surface area contributed by atoms with E-state index in [2.05, 4.69) is 37.8 Å². The molecule has 21 heteroatoms. The maximum Gasteiger partial charge on any atom is 0.296 e. The molecule has 6 rings (SSSR count). The number of fused-ring (bicyclic) bond motifs is 2. The average Bonchev–Trinajstić information content (AvgIpc) is 3.70. The smallest absolute Gasteiger partial charge is 0.296 e. The molecule has 0 unspecified atom stereocenters. The molecule has 0 spiro atoms. The molecule has 4 aromatic rings. The van der Waals surface area contributed by atoms with Crippen LogP contribution in [-0.4, -0.2) is 121 Å². The van der Waals surface area contributed by atoms with Crippen LogP contribution in [0.5, 0.6) is 0 Å². The van der Waals surface area contributed by atoms with E-state index >= 15 is 0 Å². The van der Waals surface area contributed by atoms with Crippen molar-refractivity contribution in [2.75, 3.05) is 76.0 Å². The number of nitrogens with zero attached hydrogens (tertiary/aromatic N) is 4. The highest BCUT2D eigenvalue weighted by atomic mass is 32.2. The maximum atomic E-state index is 14.1. The standard InChI is InChI=1S/C41H49N7O12S2/c1-3-14-44-41(42-2)45-16-8-19-58-21-23-59-22-20-57-18-7-15-43-40(50)27-9-6-17-48(26-27)33-25-32(46-31-13-12-28(61(51,52)53)24-34(31)62(54,55)56)35-36-37(33)47-60-39(36)30-11-5-4-10-29(30)38(35)49/h3-5,10-14,24-25,27,46H,2,6-9,15-23,26H2,1H3,(H,43,50)(H,44,45)(H,51,52,53)(H,54,55,56)/b14-3-/t27-/m1/s1. The van der Waals surface area contributed by atoms with Gasteiger partial charge in [0.25, 0.3) is 20.2 Å². The van der Waals surface area contributed by atoms with E-state index in [0.29, 0.717) is 131 Å². The minimum atomic E-state index is -5.05. The van der Waals surface area contributed by atoms with Crippen LogP contribution in [0.15, 0.2) is 85.1 Å². The highest BCUT2D eigenvalue weighted by molar-refractivity contribution is 7.86. The first kappa shape index (κ1) is 46.0. The Hall–Kier alpha value is -5.55. The van der Waals surface area contributed by atoms with Gasteiger partial charge in [-0.05, 0) is 63.6 Å². The van der Waals surface area contributed by atoms with Crippen molar-refractivity contribution in [2.45, 2.75) is 42.4 Å². The van der Waals surface area contributed by atoms with Crippen molar-refractivity contribution in [1.82, 2.24) is 15.8 Å². The first-order valence-corrected chi connectivity index (χ1v) is 22.8. The van der Waals surface area contributed by atoms with Crippen molar-refractivity contribution < 1.29 is 54.3 Å². The Morgan fingerprint density at radius 1 is 0.935 bits per heavy atom. The van der Waals surface area contributed by atoms with E-state index in [1.54, 1.807) is 42.6 Å². The number of allylic oxidation sites excluding steroid dienone is 1. The fourth-order valence-electron chi connectivity index (χ4n) is 7.15. The number of piperidine rings is 1. The first-order valence-electron chi connectivity index (χ1n) is 19.9. The summed E-state index contributed by atoms with van der Waals surface area (Å²) < 4.78 is 91.0.